The SMILES string of the molecule is COc1n[nH]c(=O)n(COCc2ccccc2)c1=O. The lowest BCUT2D eigenvalue weighted by atomic mass is 10.2. The summed E-state index contributed by atoms with van der Waals surface area (Å²) in [6, 6.07) is 9.44. The molecule has 2 rings (SSSR count). The summed E-state index contributed by atoms with van der Waals surface area (Å²) in [5.41, 5.74) is -0.314. The number of benzene rings is 1. The first-order valence-electron chi connectivity index (χ1n) is 5.57. The molecule has 7 heteroatoms. The van der Waals surface area contributed by atoms with Crippen LogP contribution in [0.5, 0.6) is 5.88 Å². The molecule has 0 bridgehead atoms. The average molecular weight is 263 g/mol. The van der Waals surface area contributed by atoms with Crippen LogP contribution in [0.15, 0.2) is 39.9 Å². The largest absolute Gasteiger partial charge is 0.476 e. The molecular formula is C12H13N3O4. The highest BCUT2D eigenvalue weighted by atomic mass is 16.5. The highest BCUT2D eigenvalue weighted by Gasteiger charge is 2.08. The van der Waals surface area contributed by atoms with Crippen molar-refractivity contribution in [3.8, 4) is 5.88 Å². The molecule has 19 heavy (non-hydrogen) atoms. The molecule has 1 N–H and O–H groups in total. The van der Waals surface area contributed by atoms with Gasteiger partial charge in [0.05, 0.1) is 13.7 Å². The van der Waals surface area contributed by atoms with Gasteiger partial charge >= 0.3 is 11.2 Å². The third kappa shape index (κ3) is 3.08. The van der Waals surface area contributed by atoms with Crippen molar-refractivity contribution in [3.05, 3.63) is 56.7 Å². The Labute approximate surface area is 108 Å². The van der Waals surface area contributed by atoms with Crippen molar-refractivity contribution in [1.29, 1.82) is 0 Å². The molecule has 0 aliphatic rings. The molecule has 0 radical (unpaired) electrons. The van der Waals surface area contributed by atoms with Gasteiger partial charge < -0.3 is 9.47 Å². The van der Waals surface area contributed by atoms with Gasteiger partial charge in [0.25, 0.3) is 5.88 Å². The maximum atomic E-state index is 11.7. The van der Waals surface area contributed by atoms with Crippen molar-refractivity contribution in [1.82, 2.24) is 14.8 Å². The lowest BCUT2D eigenvalue weighted by molar-refractivity contribution is 0.0576. The highest BCUT2D eigenvalue weighted by Crippen LogP contribution is 2.00. The lowest BCUT2D eigenvalue weighted by Crippen LogP contribution is -2.37. The van der Waals surface area contributed by atoms with Crippen molar-refractivity contribution in [3.63, 3.8) is 0 Å². The number of rotatable bonds is 5. The zero-order chi connectivity index (χ0) is 13.7. The van der Waals surface area contributed by atoms with Gasteiger partial charge in [-0.05, 0) is 5.56 Å². The number of hydrogen-bond acceptors (Lipinski definition) is 5. The van der Waals surface area contributed by atoms with Crippen LogP contribution in [0.25, 0.3) is 0 Å². The molecule has 0 aliphatic carbocycles. The van der Waals surface area contributed by atoms with E-state index >= 15 is 0 Å². The first-order valence-corrected chi connectivity index (χ1v) is 5.57. The minimum atomic E-state index is -0.640. The van der Waals surface area contributed by atoms with Crippen molar-refractivity contribution in [2.24, 2.45) is 0 Å². The van der Waals surface area contributed by atoms with Gasteiger partial charge in [0.2, 0.25) is 0 Å². The Kier molecular flexibility index (Phi) is 4.09. The topological polar surface area (TPSA) is 86.2 Å². The molecule has 100 valence electrons. The molecule has 0 atom stereocenters. The van der Waals surface area contributed by atoms with Gasteiger partial charge in [0.1, 0.15) is 6.73 Å². The standard InChI is InChI=1S/C12H13N3O4/c1-18-10-11(16)15(12(17)14-13-10)8-19-7-9-5-3-2-4-6-9/h2-6H,7-8H2,1H3,(H,14,17). The molecule has 0 amide bonds. The number of H-pyrrole nitrogens is 1. The molecule has 0 spiro atoms. The summed E-state index contributed by atoms with van der Waals surface area (Å²) in [4.78, 5) is 23.2. The summed E-state index contributed by atoms with van der Waals surface area (Å²) in [5.74, 6) is -0.178. The monoisotopic (exact) mass is 263 g/mol. The van der Waals surface area contributed by atoms with E-state index in [1.54, 1.807) is 0 Å². The van der Waals surface area contributed by atoms with Crippen LogP contribution in [-0.4, -0.2) is 21.9 Å². The highest BCUT2D eigenvalue weighted by molar-refractivity contribution is 5.13. The van der Waals surface area contributed by atoms with E-state index in [4.69, 9.17) is 9.47 Å². The van der Waals surface area contributed by atoms with Crippen molar-refractivity contribution < 1.29 is 9.47 Å². The Morgan fingerprint density at radius 1 is 1.26 bits per heavy atom. The van der Waals surface area contributed by atoms with Crippen LogP contribution in [-0.2, 0) is 18.1 Å². The van der Waals surface area contributed by atoms with Crippen molar-refractivity contribution in [2.75, 3.05) is 7.11 Å². The fourth-order valence-electron chi connectivity index (χ4n) is 1.49. The number of nitrogens with zero attached hydrogens (tertiary/aromatic N) is 2. The summed E-state index contributed by atoms with van der Waals surface area (Å²) in [6.07, 6.45) is 0. The summed E-state index contributed by atoms with van der Waals surface area (Å²) in [6.45, 7) is 0.138. The fourth-order valence-corrected chi connectivity index (χ4v) is 1.49. The summed E-state index contributed by atoms with van der Waals surface area (Å²) >= 11 is 0. The number of aromatic nitrogens is 3. The Bertz CT molecular complexity index is 648. The molecule has 1 heterocycles. The Morgan fingerprint density at radius 3 is 2.68 bits per heavy atom. The van der Waals surface area contributed by atoms with E-state index in [0.29, 0.717) is 6.61 Å². The second kappa shape index (κ2) is 5.96. The van der Waals surface area contributed by atoms with Crippen molar-refractivity contribution in [2.45, 2.75) is 13.3 Å². The Morgan fingerprint density at radius 2 is 2.00 bits per heavy atom. The van der Waals surface area contributed by atoms with Crippen LogP contribution in [0.2, 0.25) is 0 Å². The van der Waals surface area contributed by atoms with E-state index in [0.717, 1.165) is 10.1 Å². The van der Waals surface area contributed by atoms with Gasteiger partial charge in [-0.15, -0.1) is 5.10 Å². The number of aromatic amines is 1. The average Bonchev–Trinajstić information content (AvgIpc) is 2.44. The van der Waals surface area contributed by atoms with Gasteiger partial charge in [-0.3, -0.25) is 4.79 Å². The molecule has 0 unspecified atom stereocenters. The van der Waals surface area contributed by atoms with Gasteiger partial charge in [-0.25, -0.2) is 14.5 Å². The molecule has 0 saturated heterocycles. The second-order valence-corrected chi connectivity index (χ2v) is 3.73. The zero-order valence-corrected chi connectivity index (χ0v) is 10.3. The normalized spacial score (nSPS) is 10.4. The summed E-state index contributed by atoms with van der Waals surface area (Å²) in [7, 11) is 1.30. The smallest absolute Gasteiger partial charge is 0.346 e. The molecule has 0 saturated carbocycles. The van der Waals surface area contributed by atoms with Crippen LogP contribution in [0, 0.1) is 0 Å². The third-order valence-corrected chi connectivity index (χ3v) is 2.45. The number of hydrogen-bond donors (Lipinski definition) is 1. The first-order chi connectivity index (χ1) is 9.22. The van der Waals surface area contributed by atoms with Crippen LogP contribution in [0.3, 0.4) is 0 Å². The van der Waals surface area contributed by atoms with Crippen LogP contribution in [0.4, 0.5) is 0 Å². The van der Waals surface area contributed by atoms with E-state index in [1.807, 2.05) is 30.3 Å². The molecule has 1 aromatic heterocycles. The quantitative estimate of drug-likeness (QED) is 0.827. The second-order valence-electron chi connectivity index (χ2n) is 3.73. The van der Waals surface area contributed by atoms with E-state index < -0.39 is 11.2 Å². The zero-order valence-electron chi connectivity index (χ0n) is 10.3. The molecule has 2 aromatic rings. The third-order valence-electron chi connectivity index (χ3n) is 2.45. The maximum absolute atomic E-state index is 11.7. The lowest BCUT2D eigenvalue weighted by Gasteiger charge is -2.06. The summed E-state index contributed by atoms with van der Waals surface area (Å²) < 4.78 is 10.9. The molecule has 0 fully saturated rings. The van der Waals surface area contributed by atoms with Gasteiger partial charge in [-0.2, -0.15) is 0 Å². The van der Waals surface area contributed by atoms with E-state index in [-0.39, 0.29) is 12.6 Å². The molecule has 0 aliphatic heterocycles. The first kappa shape index (κ1) is 13.0. The van der Waals surface area contributed by atoms with E-state index in [1.165, 1.54) is 7.11 Å². The van der Waals surface area contributed by atoms with E-state index in [9.17, 15) is 9.59 Å². The predicted molar refractivity (Wildman–Crippen MR) is 66.9 cm³/mol. The van der Waals surface area contributed by atoms with Gasteiger partial charge in [0, 0.05) is 0 Å². The van der Waals surface area contributed by atoms with Crippen molar-refractivity contribution >= 4 is 0 Å². The maximum Gasteiger partial charge on any atom is 0.346 e. The van der Waals surface area contributed by atoms with Gasteiger partial charge in [-0.1, -0.05) is 30.3 Å². The summed E-state index contributed by atoms with van der Waals surface area (Å²) in [5, 5.41) is 5.64. The Hall–Kier alpha value is -2.41. The van der Waals surface area contributed by atoms with Crippen LogP contribution < -0.4 is 16.0 Å². The minimum absolute atomic E-state index is 0.165. The van der Waals surface area contributed by atoms with Crippen LogP contribution >= 0.6 is 0 Å². The number of ether oxygens (including phenoxy) is 2. The minimum Gasteiger partial charge on any atom is -0.476 e. The molecular weight excluding hydrogens is 250 g/mol. The molecule has 1 aromatic carbocycles. The number of methoxy groups -OCH3 is 1. The fraction of sp³-hybridized carbons (Fsp3) is 0.250. The van der Waals surface area contributed by atoms with Gasteiger partial charge in [0.15, 0.2) is 0 Å². The molecule has 7 nitrogen and oxygen atoms in total. The van der Waals surface area contributed by atoms with E-state index in [2.05, 4.69) is 10.2 Å². The predicted octanol–water partition coefficient (Wildman–Crippen LogP) is 0.114. The Balaban J connectivity index is 2.08. The number of nitrogens with one attached hydrogen (secondary N) is 1. The van der Waals surface area contributed by atoms with Crippen LogP contribution in [0.1, 0.15) is 5.56 Å².